The first kappa shape index (κ1) is 28.1. The molecule has 37 heavy (non-hydrogen) atoms. The third-order valence-corrected chi connectivity index (χ3v) is 6.89. The zero-order chi connectivity index (χ0) is 27.3. The topological polar surface area (TPSA) is 63.5 Å². The van der Waals surface area contributed by atoms with E-state index < -0.39 is 0 Å². The number of allylic oxidation sites excluding steroid dienone is 4. The summed E-state index contributed by atoms with van der Waals surface area (Å²) >= 11 is 0. The number of Topliss-reactive ketones (excluding diaryl/α,β-unsaturated/α-hetero) is 1. The molecule has 0 spiro atoms. The van der Waals surface area contributed by atoms with Gasteiger partial charge in [-0.15, -0.1) is 0 Å². The van der Waals surface area contributed by atoms with Crippen LogP contribution in [0.5, 0.6) is 0 Å². The second kappa shape index (κ2) is 12.2. The summed E-state index contributed by atoms with van der Waals surface area (Å²) in [6.45, 7) is 16.0. The van der Waals surface area contributed by atoms with E-state index in [9.17, 15) is 9.59 Å². The number of benzene rings is 1. The van der Waals surface area contributed by atoms with Crippen LogP contribution in [0.1, 0.15) is 82.9 Å². The number of hydrogen-bond donors (Lipinski definition) is 1. The summed E-state index contributed by atoms with van der Waals surface area (Å²) in [4.78, 5) is 30.1. The highest BCUT2D eigenvalue weighted by Crippen LogP contribution is 2.34. The highest BCUT2D eigenvalue weighted by atomic mass is 16.1. The molecule has 1 amide bonds. The Morgan fingerprint density at radius 2 is 1.78 bits per heavy atom. The quantitative estimate of drug-likeness (QED) is 0.271. The molecule has 1 saturated carbocycles. The first-order valence-corrected chi connectivity index (χ1v) is 13.4. The van der Waals surface area contributed by atoms with Crippen LogP contribution in [0.3, 0.4) is 0 Å². The van der Waals surface area contributed by atoms with Crippen LogP contribution in [0, 0.1) is 18.8 Å². The van der Waals surface area contributed by atoms with Crippen molar-refractivity contribution >= 4 is 22.9 Å². The number of hydrogen-bond acceptors (Lipinski definition) is 3. The molecule has 2 aromatic heterocycles. The first-order chi connectivity index (χ1) is 17.7. The number of aryl methyl sites for hydroxylation is 1. The van der Waals surface area contributed by atoms with E-state index in [0.29, 0.717) is 17.4 Å². The van der Waals surface area contributed by atoms with E-state index in [1.165, 1.54) is 0 Å². The minimum Gasteiger partial charge on any atom is -0.349 e. The van der Waals surface area contributed by atoms with Crippen molar-refractivity contribution in [1.29, 1.82) is 0 Å². The van der Waals surface area contributed by atoms with Crippen molar-refractivity contribution in [3.05, 3.63) is 77.1 Å². The number of carbonyl (C=O) groups is 2. The van der Waals surface area contributed by atoms with E-state index >= 15 is 0 Å². The van der Waals surface area contributed by atoms with Crippen LogP contribution in [-0.4, -0.2) is 27.1 Å². The maximum Gasteiger partial charge on any atom is 0.251 e. The standard InChI is InChI=1S/C30H35N3O2.C2H6/c1-18(2)11-12-25(20(4)22(6)34)26-9-7-8-10-27(26)29-21(5)33-14-13-23(17-28(33)32-29)30(35)31-24-15-19(3)16-24;1-2/h7-14,17-19,24H,15-16H2,1-6H3,(H,31,35);1-2H3/b12-11-,25-20+;. The smallest absolute Gasteiger partial charge is 0.251 e. The lowest BCUT2D eigenvalue weighted by Gasteiger charge is -2.33. The molecular formula is C32H41N3O2. The number of nitrogens with zero attached hydrogens (tertiary/aromatic N) is 2. The van der Waals surface area contributed by atoms with Crippen LogP contribution in [0.4, 0.5) is 0 Å². The van der Waals surface area contributed by atoms with Crippen molar-refractivity contribution in [2.24, 2.45) is 11.8 Å². The van der Waals surface area contributed by atoms with Crippen molar-refractivity contribution in [3.8, 4) is 11.3 Å². The van der Waals surface area contributed by atoms with Gasteiger partial charge in [0.25, 0.3) is 5.91 Å². The van der Waals surface area contributed by atoms with Crippen LogP contribution in [0.15, 0.2) is 60.3 Å². The van der Waals surface area contributed by atoms with Crippen molar-refractivity contribution < 1.29 is 9.59 Å². The molecule has 3 aromatic rings. The Hall–Kier alpha value is -3.47. The molecular weight excluding hydrogens is 458 g/mol. The second-order valence-corrected chi connectivity index (χ2v) is 10.2. The van der Waals surface area contributed by atoms with E-state index in [2.05, 4.69) is 38.2 Å². The summed E-state index contributed by atoms with van der Waals surface area (Å²) in [6, 6.07) is 12.1. The summed E-state index contributed by atoms with van der Waals surface area (Å²) in [5.74, 6) is 1.04. The fourth-order valence-electron chi connectivity index (χ4n) is 4.67. The summed E-state index contributed by atoms with van der Waals surface area (Å²) in [5.41, 5.74) is 6.75. The molecule has 196 valence electrons. The SMILES string of the molecule is CC.CC(=O)/C(C)=C(\C=C/C(C)C)c1ccccc1-c1nc2cc(C(=O)NC3CC(C)C3)ccn2c1C. The van der Waals surface area contributed by atoms with Crippen molar-refractivity contribution in [1.82, 2.24) is 14.7 Å². The minimum absolute atomic E-state index is 0.0476. The molecule has 1 aliphatic rings. The van der Waals surface area contributed by atoms with Gasteiger partial charge in [0.15, 0.2) is 5.78 Å². The lowest BCUT2D eigenvalue weighted by atomic mass is 9.82. The molecule has 0 aliphatic heterocycles. The number of ketones is 1. The van der Waals surface area contributed by atoms with Crippen LogP contribution in [-0.2, 0) is 4.79 Å². The van der Waals surface area contributed by atoms with Gasteiger partial charge in [-0.2, -0.15) is 0 Å². The van der Waals surface area contributed by atoms with Crippen LogP contribution in [0.2, 0.25) is 0 Å². The van der Waals surface area contributed by atoms with Crippen molar-refractivity contribution in [3.63, 3.8) is 0 Å². The predicted octanol–water partition coefficient (Wildman–Crippen LogP) is 7.44. The minimum atomic E-state index is -0.0480. The Kier molecular flexibility index (Phi) is 9.25. The molecule has 0 atom stereocenters. The fourth-order valence-corrected chi connectivity index (χ4v) is 4.67. The van der Waals surface area contributed by atoms with Crippen molar-refractivity contribution in [2.75, 3.05) is 0 Å². The summed E-state index contributed by atoms with van der Waals surface area (Å²) < 4.78 is 2.01. The van der Waals surface area contributed by atoms with Gasteiger partial charge in [-0.1, -0.05) is 71.0 Å². The molecule has 5 heteroatoms. The normalized spacial score (nSPS) is 17.8. The molecule has 1 N–H and O–H groups in total. The average molecular weight is 500 g/mol. The monoisotopic (exact) mass is 499 g/mol. The highest BCUT2D eigenvalue weighted by Gasteiger charge is 2.27. The van der Waals surface area contributed by atoms with E-state index in [4.69, 9.17) is 4.98 Å². The van der Waals surface area contributed by atoms with Gasteiger partial charge in [-0.05, 0) is 74.3 Å². The predicted molar refractivity (Wildman–Crippen MR) is 154 cm³/mol. The molecule has 1 aromatic carbocycles. The molecule has 0 saturated heterocycles. The number of pyridine rings is 1. The number of amides is 1. The van der Waals surface area contributed by atoms with Crippen LogP contribution in [0.25, 0.3) is 22.5 Å². The summed E-state index contributed by atoms with van der Waals surface area (Å²) in [6.07, 6.45) is 8.16. The molecule has 0 bridgehead atoms. The molecule has 1 aliphatic carbocycles. The molecule has 2 heterocycles. The van der Waals surface area contributed by atoms with Gasteiger partial charge in [0.1, 0.15) is 5.65 Å². The Labute approximate surface area is 221 Å². The van der Waals surface area contributed by atoms with Crippen LogP contribution < -0.4 is 5.32 Å². The zero-order valence-corrected chi connectivity index (χ0v) is 23.6. The van der Waals surface area contributed by atoms with E-state index in [0.717, 1.165) is 52.1 Å². The molecule has 0 unspecified atom stereocenters. The van der Waals surface area contributed by atoms with Gasteiger partial charge in [-0.3, -0.25) is 9.59 Å². The zero-order valence-electron chi connectivity index (χ0n) is 23.6. The second-order valence-electron chi connectivity index (χ2n) is 10.2. The average Bonchev–Trinajstić information content (AvgIpc) is 3.19. The highest BCUT2D eigenvalue weighted by molar-refractivity contribution is 6.04. The summed E-state index contributed by atoms with van der Waals surface area (Å²) in [5, 5.41) is 3.13. The third-order valence-electron chi connectivity index (χ3n) is 6.89. The molecule has 0 radical (unpaired) electrons. The fraction of sp³-hybridized carbons (Fsp3) is 0.406. The van der Waals surface area contributed by atoms with Gasteiger partial charge < -0.3 is 9.72 Å². The Morgan fingerprint density at radius 3 is 2.41 bits per heavy atom. The lowest BCUT2D eigenvalue weighted by Crippen LogP contribution is -2.43. The number of imidazole rings is 1. The number of rotatable bonds is 7. The summed E-state index contributed by atoms with van der Waals surface area (Å²) in [7, 11) is 0. The van der Waals surface area contributed by atoms with Crippen LogP contribution >= 0.6 is 0 Å². The number of fused-ring (bicyclic) bond motifs is 1. The Balaban J connectivity index is 0.00000186. The number of nitrogens with one attached hydrogen (secondary N) is 1. The van der Waals surface area contributed by atoms with Gasteiger partial charge >= 0.3 is 0 Å². The Morgan fingerprint density at radius 1 is 1.11 bits per heavy atom. The maximum atomic E-state index is 12.8. The van der Waals surface area contributed by atoms with E-state index in [1.54, 1.807) is 6.92 Å². The maximum absolute atomic E-state index is 12.8. The lowest BCUT2D eigenvalue weighted by molar-refractivity contribution is -0.113. The van der Waals surface area contributed by atoms with E-state index in [1.807, 2.05) is 74.7 Å². The van der Waals surface area contributed by atoms with Crippen molar-refractivity contribution in [2.45, 2.75) is 74.3 Å². The van der Waals surface area contributed by atoms with Gasteiger partial charge in [-0.25, -0.2) is 4.98 Å². The van der Waals surface area contributed by atoms with Gasteiger partial charge in [0.05, 0.1) is 5.69 Å². The largest absolute Gasteiger partial charge is 0.349 e. The van der Waals surface area contributed by atoms with E-state index in [-0.39, 0.29) is 17.7 Å². The Bertz CT molecular complexity index is 1340. The first-order valence-electron chi connectivity index (χ1n) is 13.4. The number of carbonyl (C=O) groups excluding carboxylic acids is 2. The molecule has 1 fully saturated rings. The van der Waals surface area contributed by atoms with Gasteiger partial charge in [0, 0.05) is 29.1 Å². The van der Waals surface area contributed by atoms with Gasteiger partial charge in [0.2, 0.25) is 0 Å². The molecule has 5 nitrogen and oxygen atoms in total. The third kappa shape index (κ3) is 6.27. The number of aromatic nitrogens is 2. The molecule has 4 rings (SSSR count).